The lowest BCUT2D eigenvalue weighted by atomic mass is 9.94. The van der Waals surface area contributed by atoms with Crippen molar-refractivity contribution in [2.45, 2.75) is 122 Å². The number of hydrogen-bond acceptors (Lipinski definition) is 16. The number of carbonyl (C=O) groups excluding carboxylic acids is 5. The number of esters is 4. The third-order valence-electron chi connectivity index (χ3n) is 8.66. The maximum Gasteiger partial charge on any atom is 0.407 e. The maximum absolute atomic E-state index is 13.5. The molecule has 0 spiro atoms. The number of benzene rings is 2. The van der Waals surface area contributed by atoms with Gasteiger partial charge >= 0.3 is 30.0 Å². The summed E-state index contributed by atoms with van der Waals surface area (Å²) in [5.41, 5.74) is 1.53. The molecule has 0 radical (unpaired) electrons. The third-order valence-corrected chi connectivity index (χ3v) is 8.66. The Morgan fingerprint density at radius 2 is 1.27 bits per heavy atom. The van der Waals surface area contributed by atoms with Gasteiger partial charge in [0.05, 0.1) is 13.2 Å². The summed E-state index contributed by atoms with van der Waals surface area (Å²) in [5, 5.41) is 2.82. The lowest BCUT2D eigenvalue weighted by Gasteiger charge is -2.52. The summed E-state index contributed by atoms with van der Waals surface area (Å²) in [6, 6.07) is 17.1. The van der Waals surface area contributed by atoms with E-state index in [0.29, 0.717) is 0 Å². The summed E-state index contributed by atoms with van der Waals surface area (Å²) in [4.78, 5) is 62.8. The topological polar surface area (TPSA) is 199 Å². The number of alkyl carbamates (subject to hydrolysis) is 1. The van der Waals surface area contributed by atoms with Gasteiger partial charge in [0.15, 0.2) is 36.7 Å². The summed E-state index contributed by atoms with van der Waals surface area (Å²) in [6.45, 7) is 7.40. The average molecular weight is 774 g/mol. The van der Waals surface area contributed by atoms with Crippen LogP contribution in [0.4, 0.5) is 4.79 Å². The van der Waals surface area contributed by atoms with E-state index in [1.807, 2.05) is 36.4 Å². The Hall–Kier alpha value is -4.65. The van der Waals surface area contributed by atoms with Gasteiger partial charge in [-0.25, -0.2) is 4.79 Å². The summed E-state index contributed by atoms with van der Waals surface area (Å²) in [5.74, 6) is -4.28. The molecule has 1 amide bonds. The highest BCUT2D eigenvalue weighted by atomic mass is 16.8. The third kappa shape index (κ3) is 11.7. The molecular formula is C38H47NO16. The highest BCUT2D eigenvalue weighted by molar-refractivity contribution is 5.69. The van der Waals surface area contributed by atoms with E-state index in [1.54, 1.807) is 38.1 Å². The second kappa shape index (κ2) is 18.8. The van der Waals surface area contributed by atoms with Crippen LogP contribution in [0.25, 0.3) is 0 Å². The summed E-state index contributed by atoms with van der Waals surface area (Å²) in [6.07, 6.45) is -12.6. The number of nitrogens with one attached hydrogen (secondary N) is 1. The fraction of sp³-hybridized carbons (Fsp3) is 0.553. The molecule has 3 saturated heterocycles. The van der Waals surface area contributed by atoms with Crippen molar-refractivity contribution in [2.24, 2.45) is 0 Å². The van der Waals surface area contributed by atoms with Gasteiger partial charge in [-0.05, 0) is 25.0 Å². The van der Waals surface area contributed by atoms with Crippen molar-refractivity contribution < 1.29 is 76.1 Å². The van der Waals surface area contributed by atoms with Crippen molar-refractivity contribution in [2.75, 3.05) is 13.2 Å². The molecule has 0 aromatic heterocycles. The molecule has 10 unspecified atom stereocenters. The molecule has 0 bridgehead atoms. The van der Waals surface area contributed by atoms with Crippen LogP contribution in [0.5, 0.6) is 0 Å². The minimum absolute atomic E-state index is 0.0203. The predicted molar refractivity (Wildman–Crippen MR) is 185 cm³/mol. The van der Waals surface area contributed by atoms with E-state index >= 15 is 0 Å². The first-order valence-corrected chi connectivity index (χ1v) is 17.7. The van der Waals surface area contributed by atoms with E-state index in [0.717, 1.165) is 38.8 Å². The molecule has 10 atom stereocenters. The molecule has 3 aliphatic heterocycles. The molecule has 0 saturated carbocycles. The standard InChI is InChI=1S/C38H47NO16/c1-21(40)45-19-27-30(49-22(2)41)33(50-23(3)42)34(51-24(4)43)36(53-27)54-32-29(39-37(44)47-18-26-15-11-8-12-16-26)35(46-17-25-13-9-7-10-14-25)52-28-20-48-38(5,6)55-31(28)32/h7-16,27-36H,17-20H2,1-6H3,(H,39,44). The molecule has 3 heterocycles. The van der Waals surface area contributed by atoms with Crippen LogP contribution in [-0.2, 0) is 84.5 Å². The number of ether oxygens (including phenoxy) is 11. The van der Waals surface area contributed by atoms with Crippen LogP contribution in [0.15, 0.2) is 60.7 Å². The molecule has 55 heavy (non-hydrogen) atoms. The first kappa shape index (κ1) is 41.5. The molecular weight excluding hydrogens is 726 g/mol. The van der Waals surface area contributed by atoms with Crippen molar-refractivity contribution in [3.8, 4) is 0 Å². The lowest BCUT2D eigenvalue weighted by molar-refractivity contribution is -0.394. The van der Waals surface area contributed by atoms with E-state index < -0.39 is 104 Å². The first-order valence-electron chi connectivity index (χ1n) is 17.7. The van der Waals surface area contributed by atoms with E-state index in [2.05, 4.69) is 5.32 Å². The first-order chi connectivity index (χ1) is 26.2. The van der Waals surface area contributed by atoms with E-state index in [4.69, 9.17) is 52.1 Å². The largest absolute Gasteiger partial charge is 0.463 e. The van der Waals surface area contributed by atoms with E-state index in [9.17, 15) is 24.0 Å². The van der Waals surface area contributed by atoms with Crippen LogP contribution in [0.2, 0.25) is 0 Å². The summed E-state index contributed by atoms with van der Waals surface area (Å²) >= 11 is 0. The van der Waals surface area contributed by atoms with Gasteiger partial charge in [-0.2, -0.15) is 0 Å². The Morgan fingerprint density at radius 1 is 0.691 bits per heavy atom. The summed E-state index contributed by atoms with van der Waals surface area (Å²) < 4.78 is 65.5. The SMILES string of the molecule is CC(=O)OCC1OC(OC2C(NC(=O)OCc3ccccc3)C(OCc3ccccc3)OC3COC(C)(C)OC32)C(OC(C)=O)C(OC(C)=O)C1OC(C)=O. The van der Waals surface area contributed by atoms with Crippen LogP contribution in [0.1, 0.15) is 52.7 Å². The Labute approximate surface area is 318 Å². The van der Waals surface area contributed by atoms with Crippen LogP contribution in [-0.4, -0.2) is 110 Å². The van der Waals surface area contributed by atoms with Gasteiger partial charge in [0.2, 0.25) is 0 Å². The van der Waals surface area contributed by atoms with Gasteiger partial charge in [-0.15, -0.1) is 0 Å². The van der Waals surface area contributed by atoms with Gasteiger partial charge in [-0.1, -0.05) is 60.7 Å². The van der Waals surface area contributed by atoms with Crippen molar-refractivity contribution in [3.05, 3.63) is 71.8 Å². The normalized spacial score (nSPS) is 29.8. The number of hydrogen-bond donors (Lipinski definition) is 1. The molecule has 17 nitrogen and oxygen atoms in total. The molecule has 3 fully saturated rings. The van der Waals surface area contributed by atoms with Gasteiger partial charge in [-0.3, -0.25) is 19.2 Å². The summed E-state index contributed by atoms with van der Waals surface area (Å²) in [7, 11) is 0. The van der Waals surface area contributed by atoms with Crippen LogP contribution >= 0.6 is 0 Å². The second-order valence-corrected chi connectivity index (χ2v) is 13.5. The average Bonchev–Trinajstić information content (AvgIpc) is 3.12. The minimum atomic E-state index is -1.63. The molecule has 2 aromatic carbocycles. The molecule has 3 aliphatic rings. The smallest absolute Gasteiger partial charge is 0.407 e. The highest BCUT2D eigenvalue weighted by Crippen LogP contribution is 2.38. The quantitative estimate of drug-likeness (QED) is 0.230. The Bertz CT molecular complexity index is 1620. The second-order valence-electron chi connectivity index (χ2n) is 13.5. The van der Waals surface area contributed by atoms with E-state index in [1.165, 1.54) is 0 Å². The zero-order chi connectivity index (χ0) is 39.7. The van der Waals surface area contributed by atoms with E-state index in [-0.39, 0.29) is 19.8 Å². The predicted octanol–water partition coefficient (Wildman–Crippen LogP) is 2.84. The Morgan fingerprint density at radius 3 is 1.87 bits per heavy atom. The van der Waals surface area contributed by atoms with Gasteiger partial charge in [0, 0.05) is 27.7 Å². The number of fused-ring (bicyclic) bond motifs is 1. The van der Waals surface area contributed by atoms with Crippen LogP contribution < -0.4 is 5.32 Å². The van der Waals surface area contributed by atoms with Gasteiger partial charge in [0.25, 0.3) is 0 Å². The van der Waals surface area contributed by atoms with Crippen molar-refractivity contribution in [3.63, 3.8) is 0 Å². The Kier molecular flexibility index (Phi) is 14.2. The molecule has 2 aromatic rings. The van der Waals surface area contributed by atoms with Crippen LogP contribution in [0, 0.1) is 0 Å². The molecule has 0 aliphatic carbocycles. The minimum Gasteiger partial charge on any atom is -0.463 e. The van der Waals surface area contributed by atoms with Crippen LogP contribution in [0.3, 0.4) is 0 Å². The zero-order valence-electron chi connectivity index (χ0n) is 31.4. The monoisotopic (exact) mass is 773 g/mol. The van der Waals surface area contributed by atoms with Crippen molar-refractivity contribution >= 4 is 30.0 Å². The molecule has 17 heteroatoms. The molecule has 300 valence electrons. The highest BCUT2D eigenvalue weighted by Gasteiger charge is 2.58. The molecule has 5 rings (SSSR count). The number of amides is 1. The van der Waals surface area contributed by atoms with Gasteiger partial charge < -0.3 is 57.4 Å². The number of rotatable bonds is 13. The fourth-order valence-electron chi connectivity index (χ4n) is 6.39. The Balaban J connectivity index is 1.54. The van der Waals surface area contributed by atoms with Crippen molar-refractivity contribution in [1.82, 2.24) is 5.32 Å². The van der Waals surface area contributed by atoms with Crippen molar-refractivity contribution in [1.29, 1.82) is 0 Å². The number of carbonyl (C=O) groups is 5. The van der Waals surface area contributed by atoms with Gasteiger partial charge in [0.1, 0.15) is 43.7 Å². The maximum atomic E-state index is 13.5. The fourth-order valence-corrected chi connectivity index (χ4v) is 6.39. The lowest BCUT2D eigenvalue weighted by Crippen LogP contribution is -2.71. The molecule has 1 N–H and O–H groups in total. The zero-order valence-corrected chi connectivity index (χ0v) is 31.4.